The molecule has 0 bridgehead atoms. The van der Waals surface area contributed by atoms with Crippen LogP contribution < -0.4 is 0 Å². The molecule has 0 saturated heterocycles. The molecular formula is C33H64O6. The molecule has 3 saturated carbocycles. The first-order valence-electron chi connectivity index (χ1n) is 14.3. The molecule has 39 heavy (non-hydrogen) atoms. The molecule has 0 spiro atoms. The third-order valence-electron chi connectivity index (χ3n) is 7.68. The Morgan fingerprint density at radius 3 is 1.51 bits per heavy atom. The zero-order chi connectivity index (χ0) is 26.9. The lowest BCUT2D eigenvalue weighted by atomic mass is 9.73. The molecule has 3 rings (SSSR count). The summed E-state index contributed by atoms with van der Waals surface area (Å²) in [6.07, 6.45) is 20.7. The average molecular weight is 557 g/mol. The second-order valence-corrected chi connectivity index (χ2v) is 11.4. The van der Waals surface area contributed by atoms with Crippen LogP contribution in [0.2, 0.25) is 0 Å². The van der Waals surface area contributed by atoms with Crippen LogP contribution in [0.25, 0.3) is 0 Å². The molecule has 0 amide bonds. The number of allylic oxidation sites excluding steroid dienone is 1. The third kappa shape index (κ3) is 19.8. The van der Waals surface area contributed by atoms with Crippen molar-refractivity contribution in [1.29, 1.82) is 0 Å². The lowest BCUT2D eigenvalue weighted by Crippen LogP contribution is -2.24. The molecular weight excluding hydrogens is 492 g/mol. The Labute approximate surface area is 241 Å². The van der Waals surface area contributed by atoms with Crippen LogP contribution in [0, 0.1) is 10.8 Å². The van der Waals surface area contributed by atoms with Crippen molar-refractivity contribution in [2.75, 3.05) is 13.2 Å². The summed E-state index contributed by atoms with van der Waals surface area (Å²) in [5, 5.41) is 8.63. The molecule has 0 aromatic rings. The molecule has 6 heteroatoms. The summed E-state index contributed by atoms with van der Waals surface area (Å²) in [4.78, 5) is 32.8. The zero-order valence-electron chi connectivity index (χ0n) is 23.5. The Hall–Kier alpha value is -1.85. The van der Waals surface area contributed by atoms with Gasteiger partial charge in [0, 0.05) is 6.08 Å². The minimum atomic E-state index is -0.644. The number of aliphatic carboxylic acids is 1. The largest absolute Gasteiger partial charge is 0.481 e. The normalized spacial score (nSPS) is 18.8. The number of carboxylic acid groups (broad SMARTS) is 1. The van der Waals surface area contributed by atoms with Crippen LogP contribution in [0.3, 0.4) is 0 Å². The molecule has 0 aliphatic heterocycles. The number of carbonyl (C=O) groups is 3. The van der Waals surface area contributed by atoms with E-state index in [0.29, 0.717) is 26.1 Å². The monoisotopic (exact) mass is 556 g/mol. The van der Waals surface area contributed by atoms with Crippen molar-refractivity contribution in [3.05, 3.63) is 11.6 Å². The van der Waals surface area contributed by atoms with E-state index in [1.54, 1.807) is 6.08 Å². The smallest absolute Gasteiger partial charge is 0.330 e. The highest BCUT2D eigenvalue weighted by Crippen LogP contribution is 2.39. The van der Waals surface area contributed by atoms with Gasteiger partial charge >= 0.3 is 17.9 Å². The van der Waals surface area contributed by atoms with E-state index in [9.17, 15) is 14.4 Å². The molecule has 3 aliphatic carbocycles. The van der Waals surface area contributed by atoms with Gasteiger partial charge in [0.15, 0.2) is 0 Å². The Balaban J connectivity index is -0.000000481. The van der Waals surface area contributed by atoms with Crippen LogP contribution in [-0.2, 0) is 23.9 Å². The van der Waals surface area contributed by atoms with Crippen molar-refractivity contribution in [1.82, 2.24) is 0 Å². The number of carboxylic acids is 1. The first-order chi connectivity index (χ1) is 17.1. The highest BCUT2D eigenvalue weighted by molar-refractivity contribution is 5.82. The molecule has 0 aromatic heterocycles. The fraction of sp³-hybridized carbons (Fsp3) is 0.848. The Bertz CT molecular complexity index is 676. The third-order valence-corrected chi connectivity index (χ3v) is 7.68. The predicted octanol–water partition coefficient (Wildman–Crippen LogP) is 9.69. The molecule has 232 valence electrons. The minimum Gasteiger partial charge on any atom is -0.481 e. The van der Waals surface area contributed by atoms with Crippen molar-refractivity contribution in [2.24, 2.45) is 10.8 Å². The summed E-state index contributed by atoms with van der Waals surface area (Å²) >= 11 is 0. The number of carbonyl (C=O) groups excluding carboxylic acids is 2. The Morgan fingerprint density at radius 2 is 1.10 bits per heavy atom. The second kappa shape index (κ2) is 22.9. The molecule has 0 aromatic carbocycles. The molecule has 3 aliphatic rings. The van der Waals surface area contributed by atoms with Crippen molar-refractivity contribution in [3.63, 3.8) is 0 Å². The van der Waals surface area contributed by atoms with E-state index >= 15 is 0 Å². The maximum Gasteiger partial charge on any atom is 0.330 e. The quantitative estimate of drug-likeness (QED) is 0.248. The fourth-order valence-electron chi connectivity index (χ4n) is 5.59. The first-order valence-corrected chi connectivity index (χ1v) is 14.3. The van der Waals surface area contributed by atoms with Crippen LogP contribution in [0.1, 0.15) is 159 Å². The molecule has 0 atom stereocenters. The van der Waals surface area contributed by atoms with Gasteiger partial charge in [0.05, 0.1) is 26.1 Å². The Morgan fingerprint density at radius 1 is 0.692 bits per heavy atom. The van der Waals surface area contributed by atoms with Gasteiger partial charge in [-0.2, -0.15) is 0 Å². The maximum absolute atomic E-state index is 11.3. The average Bonchev–Trinajstić information content (AvgIpc) is 2.81. The molecule has 1 N–H and O–H groups in total. The summed E-state index contributed by atoms with van der Waals surface area (Å²) in [6, 6.07) is 0. The summed E-state index contributed by atoms with van der Waals surface area (Å²) in [5.74, 6) is -0.837. The highest BCUT2D eigenvalue weighted by atomic mass is 16.5. The Kier molecular flexibility index (Phi) is 24.5. The standard InChI is InChI=1S/C11H20O2.C10H16O2.C9H16O2.3CH4/c1-3-13-10(12)9-11(2)7-5-4-6-8-11;1-2-12-10(11)8-9-6-4-3-5-7-9;1-9(7-8(10)11)5-3-2-4-6-9;;;/h3-9H2,1-2H3;8H,2-7H2,1H3;2-7H2,1H3,(H,10,11);3*1H4. The predicted molar refractivity (Wildman–Crippen MR) is 164 cm³/mol. The molecule has 0 heterocycles. The van der Waals surface area contributed by atoms with Crippen LogP contribution >= 0.6 is 0 Å². The van der Waals surface area contributed by atoms with Gasteiger partial charge in [-0.05, 0) is 76.0 Å². The lowest BCUT2D eigenvalue weighted by Gasteiger charge is -2.32. The first kappa shape index (κ1) is 41.6. The van der Waals surface area contributed by atoms with E-state index in [1.165, 1.54) is 76.2 Å². The van der Waals surface area contributed by atoms with Crippen LogP contribution in [0.15, 0.2) is 11.6 Å². The highest BCUT2D eigenvalue weighted by Gasteiger charge is 2.30. The van der Waals surface area contributed by atoms with Crippen molar-refractivity contribution in [3.8, 4) is 0 Å². The number of hydrogen-bond acceptors (Lipinski definition) is 5. The van der Waals surface area contributed by atoms with E-state index in [2.05, 4.69) is 13.8 Å². The van der Waals surface area contributed by atoms with E-state index in [1.807, 2.05) is 13.8 Å². The summed E-state index contributed by atoms with van der Waals surface area (Å²) in [5.41, 5.74) is 1.59. The fourth-order valence-corrected chi connectivity index (χ4v) is 5.59. The molecule has 0 radical (unpaired) electrons. The van der Waals surface area contributed by atoms with Gasteiger partial charge in [-0.1, -0.05) is 86.6 Å². The van der Waals surface area contributed by atoms with E-state index < -0.39 is 5.97 Å². The van der Waals surface area contributed by atoms with Crippen molar-refractivity contribution >= 4 is 17.9 Å². The van der Waals surface area contributed by atoms with E-state index in [-0.39, 0.29) is 45.0 Å². The molecule has 6 nitrogen and oxygen atoms in total. The molecule has 0 unspecified atom stereocenters. The van der Waals surface area contributed by atoms with Gasteiger partial charge in [0.2, 0.25) is 0 Å². The number of ether oxygens (including phenoxy) is 2. The summed E-state index contributed by atoms with van der Waals surface area (Å²) < 4.78 is 9.80. The van der Waals surface area contributed by atoms with Gasteiger partial charge in [0.25, 0.3) is 0 Å². The number of esters is 2. The van der Waals surface area contributed by atoms with Gasteiger partial charge in [-0.15, -0.1) is 0 Å². The molecule has 3 fully saturated rings. The number of rotatable bonds is 7. The van der Waals surface area contributed by atoms with E-state index in [0.717, 1.165) is 25.7 Å². The zero-order valence-corrected chi connectivity index (χ0v) is 23.5. The van der Waals surface area contributed by atoms with E-state index in [4.69, 9.17) is 14.6 Å². The summed E-state index contributed by atoms with van der Waals surface area (Å²) in [7, 11) is 0. The minimum absolute atomic E-state index is 0. The van der Waals surface area contributed by atoms with Crippen molar-refractivity contribution < 1.29 is 29.0 Å². The summed E-state index contributed by atoms with van der Waals surface area (Å²) in [6.45, 7) is 8.99. The SMILES string of the molecule is C.C.C.CC1(CC(=O)O)CCCCC1.CCOC(=O)C=C1CCCCC1.CCOC(=O)CC1(C)CCCCC1. The van der Waals surface area contributed by atoms with Crippen LogP contribution in [0.4, 0.5) is 0 Å². The van der Waals surface area contributed by atoms with Crippen LogP contribution in [0.5, 0.6) is 0 Å². The van der Waals surface area contributed by atoms with Gasteiger partial charge in [-0.3, -0.25) is 9.59 Å². The lowest BCUT2D eigenvalue weighted by molar-refractivity contribution is -0.146. The van der Waals surface area contributed by atoms with Gasteiger partial charge in [0.1, 0.15) is 0 Å². The topological polar surface area (TPSA) is 89.9 Å². The second-order valence-electron chi connectivity index (χ2n) is 11.4. The maximum atomic E-state index is 11.3. The van der Waals surface area contributed by atoms with Crippen molar-refractivity contribution in [2.45, 2.75) is 159 Å². The number of hydrogen-bond donors (Lipinski definition) is 1. The van der Waals surface area contributed by atoms with Gasteiger partial charge < -0.3 is 14.6 Å². The van der Waals surface area contributed by atoms with Gasteiger partial charge in [-0.25, -0.2) is 4.79 Å². The van der Waals surface area contributed by atoms with Crippen LogP contribution in [-0.4, -0.2) is 36.2 Å².